The first-order valence-electron chi connectivity index (χ1n) is 8.31. The number of carbonyl (C=O) groups is 1. The van der Waals surface area contributed by atoms with Crippen LogP contribution in [0.15, 0.2) is 30.3 Å². The van der Waals surface area contributed by atoms with Crippen LogP contribution >= 0.6 is 0 Å². The maximum Gasteiger partial charge on any atom is 0.234 e. The SMILES string of the molecule is C[C@@H]1CCCC[C@@H]1NC(=O)CN(C)CCOc1ccccc1. The van der Waals surface area contributed by atoms with E-state index in [1.165, 1.54) is 19.3 Å². The number of hydrogen-bond donors (Lipinski definition) is 1. The summed E-state index contributed by atoms with van der Waals surface area (Å²) in [7, 11) is 1.96. The second kappa shape index (κ2) is 8.79. The Hall–Kier alpha value is -1.55. The number of nitrogens with one attached hydrogen (secondary N) is 1. The smallest absolute Gasteiger partial charge is 0.234 e. The molecule has 1 aliphatic carbocycles. The van der Waals surface area contributed by atoms with Gasteiger partial charge in [0.1, 0.15) is 12.4 Å². The minimum absolute atomic E-state index is 0.126. The van der Waals surface area contributed by atoms with Crippen molar-refractivity contribution < 1.29 is 9.53 Å². The van der Waals surface area contributed by atoms with Gasteiger partial charge >= 0.3 is 0 Å². The molecule has 0 saturated heterocycles. The molecule has 0 radical (unpaired) electrons. The van der Waals surface area contributed by atoms with Crippen LogP contribution in [0.3, 0.4) is 0 Å². The molecule has 0 spiro atoms. The lowest BCUT2D eigenvalue weighted by Crippen LogP contribution is -2.45. The van der Waals surface area contributed by atoms with Gasteiger partial charge in [-0.3, -0.25) is 9.69 Å². The van der Waals surface area contributed by atoms with E-state index in [1.54, 1.807) is 0 Å². The van der Waals surface area contributed by atoms with Crippen molar-refractivity contribution in [1.82, 2.24) is 10.2 Å². The van der Waals surface area contributed by atoms with Gasteiger partial charge in [-0.05, 0) is 37.9 Å². The van der Waals surface area contributed by atoms with Crippen LogP contribution in [-0.2, 0) is 4.79 Å². The number of rotatable bonds is 7. The van der Waals surface area contributed by atoms with Crippen LogP contribution in [0, 0.1) is 5.92 Å². The van der Waals surface area contributed by atoms with Crippen molar-refractivity contribution in [3.8, 4) is 5.75 Å². The predicted molar refractivity (Wildman–Crippen MR) is 89.0 cm³/mol. The number of likely N-dealkylation sites (N-methyl/N-ethyl adjacent to an activating group) is 1. The Morgan fingerprint density at radius 1 is 1.27 bits per heavy atom. The van der Waals surface area contributed by atoms with Gasteiger partial charge in [-0.2, -0.15) is 0 Å². The Bertz CT molecular complexity index is 450. The fraction of sp³-hybridized carbons (Fsp3) is 0.611. The van der Waals surface area contributed by atoms with Gasteiger partial charge in [-0.1, -0.05) is 38.0 Å². The molecule has 0 unspecified atom stereocenters. The molecule has 1 amide bonds. The summed E-state index contributed by atoms with van der Waals surface area (Å²) in [6, 6.07) is 10.1. The zero-order chi connectivity index (χ0) is 15.8. The maximum absolute atomic E-state index is 12.1. The molecule has 0 heterocycles. The first-order chi connectivity index (χ1) is 10.6. The van der Waals surface area contributed by atoms with E-state index < -0.39 is 0 Å². The van der Waals surface area contributed by atoms with E-state index in [9.17, 15) is 4.79 Å². The third-order valence-electron chi connectivity index (χ3n) is 4.36. The van der Waals surface area contributed by atoms with Crippen molar-refractivity contribution in [3.63, 3.8) is 0 Å². The molecular weight excluding hydrogens is 276 g/mol. The molecule has 0 aliphatic heterocycles. The fourth-order valence-electron chi connectivity index (χ4n) is 2.94. The number of benzene rings is 1. The first kappa shape index (κ1) is 16.8. The van der Waals surface area contributed by atoms with E-state index in [-0.39, 0.29) is 5.91 Å². The maximum atomic E-state index is 12.1. The van der Waals surface area contributed by atoms with Gasteiger partial charge in [0.2, 0.25) is 5.91 Å². The van der Waals surface area contributed by atoms with Crippen molar-refractivity contribution in [2.24, 2.45) is 5.92 Å². The summed E-state index contributed by atoms with van der Waals surface area (Å²) in [5, 5.41) is 3.19. The monoisotopic (exact) mass is 304 g/mol. The van der Waals surface area contributed by atoms with Crippen LogP contribution in [0.25, 0.3) is 0 Å². The standard InChI is InChI=1S/C18H28N2O2/c1-15-8-6-7-11-17(15)19-18(21)14-20(2)12-13-22-16-9-4-3-5-10-16/h3-5,9-10,15,17H,6-8,11-14H2,1-2H3,(H,19,21)/t15-,17+/m1/s1. The normalized spacial score (nSPS) is 21.6. The van der Waals surface area contributed by atoms with Gasteiger partial charge in [0, 0.05) is 12.6 Å². The number of nitrogens with zero attached hydrogens (tertiary/aromatic N) is 1. The zero-order valence-corrected chi connectivity index (χ0v) is 13.8. The Morgan fingerprint density at radius 2 is 2.00 bits per heavy atom. The Kier molecular flexibility index (Phi) is 6.72. The molecule has 1 aromatic rings. The third kappa shape index (κ3) is 5.68. The molecular formula is C18H28N2O2. The number of para-hydroxylation sites is 1. The summed E-state index contributed by atoms with van der Waals surface area (Å²) in [6.07, 6.45) is 4.87. The largest absolute Gasteiger partial charge is 0.492 e. The van der Waals surface area contributed by atoms with Crippen LogP contribution in [0.2, 0.25) is 0 Å². The summed E-state index contributed by atoms with van der Waals surface area (Å²) in [5.74, 6) is 1.60. The molecule has 1 aromatic carbocycles. The van der Waals surface area contributed by atoms with Crippen LogP contribution in [0.5, 0.6) is 5.75 Å². The summed E-state index contributed by atoms with van der Waals surface area (Å²) in [6.45, 7) is 4.00. The quantitative estimate of drug-likeness (QED) is 0.842. The van der Waals surface area contributed by atoms with Crippen molar-refractivity contribution in [3.05, 3.63) is 30.3 Å². The molecule has 22 heavy (non-hydrogen) atoms. The topological polar surface area (TPSA) is 41.6 Å². The molecule has 2 rings (SSSR count). The Balaban J connectivity index is 1.63. The molecule has 4 nitrogen and oxygen atoms in total. The highest BCUT2D eigenvalue weighted by molar-refractivity contribution is 5.78. The van der Waals surface area contributed by atoms with Gasteiger partial charge in [0.05, 0.1) is 6.54 Å². The minimum atomic E-state index is 0.126. The van der Waals surface area contributed by atoms with Gasteiger partial charge in [-0.15, -0.1) is 0 Å². The van der Waals surface area contributed by atoms with Crippen molar-refractivity contribution in [2.45, 2.75) is 38.6 Å². The molecule has 122 valence electrons. The zero-order valence-electron chi connectivity index (χ0n) is 13.8. The average Bonchev–Trinajstić information content (AvgIpc) is 2.50. The van der Waals surface area contributed by atoms with Crippen molar-refractivity contribution in [2.75, 3.05) is 26.7 Å². The Labute approximate surface area is 133 Å². The van der Waals surface area contributed by atoms with Crippen molar-refractivity contribution in [1.29, 1.82) is 0 Å². The van der Waals surface area contributed by atoms with E-state index in [1.807, 2.05) is 42.3 Å². The molecule has 1 saturated carbocycles. The highest BCUT2D eigenvalue weighted by atomic mass is 16.5. The van der Waals surface area contributed by atoms with E-state index in [0.717, 1.165) is 18.7 Å². The molecule has 1 fully saturated rings. The van der Waals surface area contributed by atoms with Crippen LogP contribution in [-0.4, -0.2) is 43.6 Å². The molecule has 0 bridgehead atoms. The summed E-state index contributed by atoms with van der Waals surface area (Å²) in [5.41, 5.74) is 0. The molecule has 4 heteroatoms. The number of amides is 1. The van der Waals surface area contributed by atoms with E-state index in [4.69, 9.17) is 4.74 Å². The lowest BCUT2D eigenvalue weighted by Gasteiger charge is -2.30. The molecule has 1 N–H and O–H groups in total. The number of hydrogen-bond acceptors (Lipinski definition) is 3. The van der Waals surface area contributed by atoms with E-state index in [0.29, 0.717) is 25.1 Å². The first-order valence-corrected chi connectivity index (χ1v) is 8.31. The summed E-state index contributed by atoms with van der Waals surface area (Å²) >= 11 is 0. The second-order valence-corrected chi connectivity index (χ2v) is 6.34. The second-order valence-electron chi connectivity index (χ2n) is 6.34. The van der Waals surface area contributed by atoms with Crippen LogP contribution in [0.4, 0.5) is 0 Å². The van der Waals surface area contributed by atoms with Gasteiger partial charge in [0.25, 0.3) is 0 Å². The number of ether oxygens (including phenoxy) is 1. The highest BCUT2D eigenvalue weighted by Crippen LogP contribution is 2.23. The Morgan fingerprint density at radius 3 is 2.73 bits per heavy atom. The average molecular weight is 304 g/mol. The van der Waals surface area contributed by atoms with E-state index in [2.05, 4.69) is 12.2 Å². The summed E-state index contributed by atoms with van der Waals surface area (Å²) < 4.78 is 5.65. The molecule has 2 atom stereocenters. The lowest BCUT2D eigenvalue weighted by molar-refractivity contribution is -0.123. The van der Waals surface area contributed by atoms with E-state index >= 15 is 0 Å². The highest BCUT2D eigenvalue weighted by Gasteiger charge is 2.22. The van der Waals surface area contributed by atoms with Gasteiger partial charge < -0.3 is 10.1 Å². The van der Waals surface area contributed by atoms with Crippen molar-refractivity contribution >= 4 is 5.91 Å². The van der Waals surface area contributed by atoms with Gasteiger partial charge in [-0.25, -0.2) is 0 Å². The fourth-order valence-corrected chi connectivity index (χ4v) is 2.94. The lowest BCUT2D eigenvalue weighted by atomic mass is 9.86. The summed E-state index contributed by atoms with van der Waals surface area (Å²) in [4.78, 5) is 14.1. The van der Waals surface area contributed by atoms with Crippen LogP contribution < -0.4 is 10.1 Å². The van der Waals surface area contributed by atoms with Gasteiger partial charge in [0.15, 0.2) is 0 Å². The minimum Gasteiger partial charge on any atom is -0.492 e. The molecule has 1 aliphatic rings. The van der Waals surface area contributed by atoms with Crippen LogP contribution in [0.1, 0.15) is 32.6 Å². The number of carbonyl (C=O) groups excluding carboxylic acids is 1. The molecule has 0 aromatic heterocycles. The third-order valence-corrected chi connectivity index (χ3v) is 4.36. The predicted octanol–water partition coefficient (Wildman–Crippen LogP) is 2.69.